The maximum atomic E-state index is 11.7. The van der Waals surface area contributed by atoms with Gasteiger partial charge in [-0.3, -0.25) is 0 Å². The molecule has 0 radical (unpaired) electrons. The zero-order valence-corrected chi connectivity index (χ0v) is 16.5. The number of hydrogen-bond acceptors (Lipinski definition) is 4. The van der Waals surface area contributed by atoms with Crippen molar-refractivity contribution < 1.29 is 19.1 Å². The van der Waals surface area contributed by atoms with Crippen molar-refractivity contribution in [1.82, 2.24) is 15.6 Å². The summed E-state index contributed by atoms with van der Waals surface area (Å²) in [6.07, 6.45) is 2.29. The van der Waals surface area contributed by atoms with E-state index >= 15 is 0 Å². The largest absolute Gasteiger partial charge is 0.449 e. The summed E-state index contributed by atoms with van der Waals surface area (Å²) in [5, 5.41) is 6.54. The third-order valence-corrected chi connectivity index (χ3v) is 3.81. The van der Waals surface area contributed by atoms with E-state index in [-0.39, 0.29) is 6.61 Å². The number of hydrogen-bond donors (Lipinski definition) is 3. The molecule has 1 aromatic heterocycles. The topological polar surface area (TPSA) is 92.5 Å². The van der Waals surface area contributed by atoms with Gasteiger partial charge in [-0.2, -0.15) is 0 Å². The first-order valence-electron chi connectivity index (χ1n) is 9.19. The average molecular weight is 375 g/mol. The van der Waals surface area contributed by atoms with Crippen molar-refractivity contribution in [3.63, 3.8) is 0 Å². The van der Waals surface area contributed by atoms with E-state index in [9.17, 15) is 9.59 Å². The molecule has 2 rings (SSSR count). The van der Waals surface area contributed by atoms with Crippen LogP contribution in [0.25, 0.3) is 10.9 Å². The minimum atomic E-state index is -0.524. The van der Waals surface area contributed by atoms with Gasteiger partial charge in [-0.05, 0) is 58.2 Å². The molecule has 3 N–H and O–H groups in total. The summed E-state index contributed by atoms with van der Waals surface area (Å²) in [6, 6.07) is 6.26. The van der Waals surface area contributed by atoms with Gasteiger partial charge < -0.3 is 25.1 Å². The van der Waals surface area contributed by atoms with Crippen LogP contribution >= 0.6 is 0 Å². The third kappa shape index (κ3) is 7.21. The molecule has 0 saturated heterocycles. The van der Waals surface area contributed by atoms with E-state index in [0.717, 1.165) is 17.5 Å². The number of rotatable bonds is 7. The molecule has 7 nitrogen and oxygen atoms in total. The van der Waals surface area contributed by atoms with Crippen molar-refractivity contribution in [2.24, 2.45) is 0 Å². The summed E-state index contributed by atoms with van der Waals surface area (Å²) >= 11 is 0. The van der Waals surface area contributed by atoms with Crippen molar-refractivity contribution in [2.45, 2.75) is 46.1 Å². The molecule has 0 bridgehead atoms. The molecule has 7 heteroatoms. The normalized spacial score (nSPS) is 11.3. The van der Waals surface area contributed by atoms with Crippen molar-refractivity contribution in [3.05, 3.63) is 35.5 Å². The Morgan fingerprint density at radius 2 is 1.85 bits per heavy atom. The van der Waals surface area contributed by atoms with E-state index in [1.165, 1.54) is 10.9 Å². The molecule has 2 amide bonds. The Kier molecular flexibility index (Phi) is 7.10. The Hall–Kier alpha value is -2.70. The van der Waals surface area contributed by atoms with Gasteiger partial charge in [-0.1, -0.05) is 11.6 Å². The van der Waals surface area contributed by atoms with Crippen molar-refractivity contribution >= 4 is 23.1 Å². The Labute approximate surface area is 159 Å². The van der Waals surface area contributed by atoms with Crippen LogP contribution in [0.2, 0.25) is 0 Å². The number of benzene rings is 1. The predicted octanol–water partition coefficient (Wildman–Crippen LogP) is 3.66. The number of nitrogens with one attached hydrogen (secondary N) is 3. The monoisotopic (exact) mass is 375 g/mol. The maximum absolute atomic E-state index is 11.7. The van der Waals surface area contributed by atoms with Gasteiger partial charge in [0.25, 0.3) is 0 Å². The highest BCUT2D eigenvalue weighted by molar-refractivity contribution is 5.83. The molecule has 148 valence electrons. The number of carbonyl (C=O) groups is 2. The SMILES string of the molecule is Cc1ccc2[nH]cc(CCNC(=O)OCCCNC(=O)OC(C)(C)C)c2c1. The molecule has 27 heavy (non-hydrogen) atoms. The number of aromatic nitrogens is 1. The summed E-state index contributed by atoms with van der Waals surface area (Å²) in [4.78, 5) is 26.4. The first kappa shape index (κ1) is 20.6. The zero-order chi connectivity index (χ0) is 19.9. The second-order valence-electron chi connectivity index (χ2n) is 7.46. The number of carbonyl (C=O) groups excluding carboxylic acids is 2. The molecule has 0 spiro atoms. The first-order chi connectivity index (χ1) is 12.7. The van der Waals surface area contributed by atoms with Crippen LogP contribution in [0.15, 0.2) is 24.4 Å². The molecule has 0 fully saturated rings. The summed E-state index contributed by atoms with van der Waals surface area (Å²) in [5.41, 5.74) is 2.94. The Morgan fingerprint density at radius 1 is 1.11 bits per heavy atom. The Morgan fingerprint density at radius 3 is 2.59 bits per heavy atom. The highest BCUT2D eigenvalue weighted by atomic mass is 16.6. The van der Waals surface area contributed by atoms with E-state index in [4.69, 9.17) is 9.47 Å². The molecule has 0 saturated carbocycles. The number of fused-ring (bicyclic) bond motifs is 1. The van der Waals surface area contributed by atoms with Crippen LogP contribution in [-0.4, -0.2) is 42.5 Å². The van der Waals surface area contributed by atoms with Gasteiger partial charge in [-0.15, -0.1) is 0 Å². The summed E-state index contributed by atoms with van der Waals surface area (Å²) < 4.78 is 10.2. The fraction of sp³-hybridized carbons (Fsp3) is 0.500. The molecule has 0 aliphatic heterocycles. The lowest BCUT2D eigenvalue weighted by Crippen LogP contribution is -2.33. The lowest BCUT2D eigenvalue weighted by atomic mass is 10.1. The molecular weight excluding hydrogens is 346 g/mol. The summed E-state index contributed by atoms with van der Waals surface area (Å²) in [7, 11) is 0. The van der Waals surface area contributed by atoms with Crippen LogP contribution in [0.4, 0.5) is 9.59 Å². The number of amides is 2. The van der Waals surface area contributed by atoms with Gasteiger partial charge in [0.1, 0.15) is 5.60 Å². The predicted molar refractivity (Wildman–Crippen MR) is 105 cm³/mol. The van der Waals surface area contributed by atoms with Gasteiger partial charge in [0, 0.05) is 30.2 Å². The molecule has 0 atom stereocenters. The van der Waals surface area contributed by atoms with Crippen LogP contribution in [-0.2, 0) is 15.9 Å². The number of ether oxygens (including phenoxy) is 2. The fourth-order valence-corrected chi connectivity index (χ4v) is 2.59. The van der Waals surface area contributed by atoms with Crippen LogP contribution in [0.5, 0.6) is 0 Å². The van der Waals surface area contributed by atoms with Gasteiger partial charge in [0.05, 0.1) is 6.61 Å². The molecule has 0 aliphatic carbocycles. The van der Waals surface area contributed by atoms with Crippen LogP contribution in [0, 0.1) is 6.92 Å². The third-order valence-electron chi connectivity index (χ3n) is 3.81. The van der Waals surface area contributed by atoms with Gasteiger partial charge in [0.2, 0.25) is 0 Å². The minimum Gasteiger partial charge on any atom is -0.449 e. The lowest BCUT2D eigenvalue weighted by Gasteiger charge is -2.19. The van der Waals surface area contributed by atoms with E-state index in [2.05, 4.69) is 40.7 Å². The van der Waals surface area contributed by atoms with Crippen LogP contribution in [0.1, 0.15) is 38.3 Å². The van der Waals surface area contributed by atoms with Crippen LogP contribution < -0.4 is 10.6 Å². The van der Waals surface area contributed by atoms with E-state index in [1.54, 1.807) is 20.8 Å². The minimum absolute atomic E-state index is 0.230. The number of alkyl carbamates (subject to hydrolysis) is 2. The first-order valence-corrected chi connectivity index (χ1v) is 9.19. The lowest BCUT2D eigenvalue weighted by molar-refractivity contribution is 0.0524. The molecule has 0 unspecified atom stereocenters. The maximum Gasteiger partial charge on any atom is 0.407 e. The van der Waals surface area contributed by atoms with E-state index in [1.807, 2.05) is 6.20 Å². The molecule has 1 aromatic carbocycles. The van der Waals surface area contributed by atoms with Gasteiger partial charge in [0.15, 0.2) is 0 Å². The molecular formula is C20H29N3O4. The van der Waals surface area contributed by atoms with Gasteiger partial charge >= 0.3 is 12.2 Å². The number of aryl methyl sites for hydroxylation is 1. The van der Waals surface area contributed by atoms with Crippen molar-refractivity contribution in [2.75, 3.05) is 19.7 Å². The fourth-order valence-electron chi connectivity index (χ4n) is 2.59. The van der Waals surface area contributed by atoms with Crippen molar-refractivity contribution in [3.8, 4) is 0 Å². The van der Waals surface area contributed by atoms with Gasteiger partial charge in [-0.25, -0.2) is 9.59 Å². The van der Waals surface area contributed by atoms with Crippen molar-refractivity contribution in [1.29, 1.82) is 0 Å². The zero-order valence-electron chi connectivity index (χ0n) is 16.5. The van der Waals surface area contributed by atoms with E-state index < -0.39 is 17.8 Å². The summed E-state index contributed by atoms with van der Waals surface area (Å²) in [6.45, 7) is 8.58. The second-order valence-corrected chi connectivity index (χ2v) is 7.46. The Balaban J connectivity index is 1.60. The van der Waals surface area contributed by atoms with E-state index in [0.29, 0.717) is 19.5 Å². The smallest absolute Gasteiger partial charge is 0.407 e. The highest BCUT2D eigenvalue weighted by Gasteiger charge is 2.15. The Bertz CT molecular complexity index is 777. The number of aromatic amines is 1. The quantitative estimate of drug-likeness (QED) is 0.644. The molecule has 1 heterocycles. The standard InChI is InChI=1S/C20H29N3O4/c1-14-6-7-17-16(12-14)15(13-23-17)8-10-22-18(24)26-11-5-9-21-19(25)27-20(2,3)4/h6-7,12-13,23H,5,8-11H2,1-4H3,(H,21,25)(H,22,24). The molecule has 0 aliphatic rings. The summed E-state index contributed by atoms with van der Waals surface area (Å²) in [5.74, 6) is 0. The second kappa shape index (κ2) is 9.30. The average Bonchev–Trinajstić information content (AvgIpc) is 2.95. The molecule has 2 aromatic rings. The number of H-pyrrole nitrogens is 1. The highest BCUT2D eigenvalue weighted by Crippen LogP contribution is 2.19. The van der Waals surface area contributed by atoms with Crippen LogP contribution in [0.3, 0.4) is 0 Å².